The van der Waals surface area contributed by atoms with E-state index in [9.17, 15) is 4.39 Å². The first-order valence-corrected chi connectivity index (χ1v) is 7.11. The lowest BCUT2D eigenvalue weighted by atomic mass is 10.1. The van der Waals surface area contributed by atoms with Crippen molar-refractivity contribution in [2.75, 3.05) is 11.9 Å². The van der Waals surface area contributed by atoms with Crippen LogP contribution in [0.15, 0.2) is 30.3 Å². The van der Waals surface area contributed by atoms with Gasteiger partial charge >= 0.3 is 0 Å². The van der Waals surface area contributed by atoms with Crippen LogP contribution in [0.3, 0.4) is 0 Å². The Morgan fingerprint density at radius 1 is 1.20 bits per heavy atom. The molecule has 1 heterocycles. The molecular weight excluding hydrogens is 277 g/mol. The molecule has 3 nitrogen and oxygen atoms in total. The highest BCUT2D eigenvalue weighted by atomic mass is 35.5. The van der Waals surface area contributed by atoms with Crippen molar-refractivity contribution in [3.8, 4) is 0 Å². The molecule has 1 fully saturated rings. The summed E-state index contributed by atoms with van der Waals surface area (Å²) in [7, 11) is 0. The molecule has 0 radical (unpaired) electrons. The lowest BCUT2D eigenvalue weighted by Crippen LogP contribution is -2.08. The van der Waals surface area contributed by atoms with E-state index in [4.69, 9.17) is 11.6 Å². The molecule has 0 bridgehead atoms. The van der Waals surface area contributed by atoms with Crippen LogP contribution < -0.4 is 5.32 Å². The summed E-state index contributed by atoms with van der Waals surface area (Å²) in [6.45, 7) is 0.725. The van der Waals surface area contributed by atoms with Gasteiger partial charge in [-0.2, -0.15) is 0 Å². The zero-order valence-electron chi connectivity index (χ0n) is 10.9. The summed E-state index contributed by atoms with van der Waals surface area (Å²) in [5.74, 6) is 1.86. The second-order valence-corrected chi connectivity index (χ2v) is 5.40. The van der Waals surface area contributed by atoms with Gasteiger partial charge in [-0.05, 0) is 37.0 Å². The number of nitrogens with zero attached hydrogens (tertiary/aromatic N) is 2. The molecule has 0 unspecified atom stereocenters. The molecule has 1 N–H and O–H groups in total. The lowest BCUT2D eigenvalue weighted by Gasteiger charge is -2.07. The molecule has 0 saturated heterocycles. The summed E-state index contributed by atoms with van der Waals surface area (Å²) >= 11 is 6.00. The maximum absolute atomic E-state index is 12.8. The smallest absolute Gasteiger partial charge is 0.135 e. The molecule has 5 heteroatoms. The second kappa shape index (κ2) is 5.75. The Kier molecular flexibility index (Phi) is 3.83. The van der Waals surface area contributed by atoms with Gasteiger partial charge in [0.1, 0.15) is 22.6 Å². The Balaban J connectivity index is 1.59. The molecule has 0 aliphatic heterocycles. The molecule has 3 rings (SSSR count). The molecule has 0 spiro atoms. The topological polar surface area (TPSA) is 37.8 Å². The predicted molar refractivity (Wildman–Crippen MR) is 77.6 cm³/mol. The van der Waals surface area contributed by atoms with Gasteiger partial charge in [-0.15, -0.1) is 0 Å². The minimum Gasteiger partial charge on any atom is -0.370 e. The molecule has 1 aliphatic carbocycles. The van der Waals surface area contributed by atoms with Gasteiger partial charge in [-0.25, -0.2) is 14.4 Å². The van der Waals surface area contributed by atoms with Crippen molar-refractivity contribution in [3.05, 3.63) is 52.7 Å². The van der Waals surface area contributed by atoms with E-state index in [2.05, 4.69) is 15.3 Å². The normalized spacial score (nSPS) is 14.3. The predicted octanol–water partition coefficient (Wildman–Crippen LogP) is 3.80. The number of anilines is 1. The van der Waals surface area contributed by atoms with Gasteiger partial charge in [0.2, 0.25) is 0 Å². The van der Waals surface area contributed by atoms with Gasteiger partial charge in [0.25, 0.3) is 0 Å². The molecule has 1 saturated carbocycles. The number of rotatable bonds is 5. The van der Waals surface area contributed by atoms with Crippen molar-refractivity contribution in [1.82, 2.24) is 9.97 Å². The summed E-state index contributed by atoms with van der Waals surface area (Å²) in [4.78, 5) is 8.72. The molecule has 1 aromatic heterocycles. The van der Waals surface area contributed by atoms with E-state index in [0.717, 1.165) is 43.0 Å². The van der Waals surface area contributed by atoms with E-state index < -0.39 is 0 Å². The Morgan fingerprint density at radius 3 is 2.65 bits per heavy atom. The standard InChI is InChI=1S/C15H15ClFN3/c16-13-9-14(20-15(19-13)11-3-4-11)18-8-7-10-1-5-12(17)6-2-10/h1-2,5-6,9,11H,3-4,7-8H2,(H,18,19,20). The number of hydrogen-bond donors (Lipinski definition) is 1. The fourth-order valence-electron chi connectivity index (χ4n) is 2.04. The van der Waals surface area contributed by atoms with Crippen LogP contribution in [0.2, 0.25) is 5.15 Å². The third-order valence-electron chi connectivity index (χ3n) is 3.29. The zero-order chi connectivity index (χ0) is 13.9. The van der Waals surface area contributed by atoms with Gasteiger partial charge in [-0.1, -0.05) is 23.7 Å². The molecule has 0 amide bonds. The Morgan fingerprint density at radius 2 is 1.95 bits per heavy atom. The number of nitrogens with one attached hydrogen (secondary N) is 1. The van der Waals surface area contributed by atoms with Crippen LogP contribution in [0.5, 0.6) is 0 Å². The monoisotopic (exact) mass is 291 g/mol. The van der Waals surface area contributed by atoms with Crippen molar-refractivity contribution < 1.29 is 4.39 Å². The minimum atomic E-state index is -0.210. The molecule has 20 heavy (non-hydrogen) atoms. The largest absolute Gasteiger partial charge is 0.370 e. The van der Waals surface area contributed by atoms with Crippen LogP contribution in [0, 0.1) is 5.82 Å². The zero-order valence-corrected chi connectivity index (χ0v) is 11.7. The summed E-state index contributed by atoms with van der Waals surface area (Å²) in [5, 5.41) is 3.72. The molecule has 0 atom stereocenters. The van der Waals surface area contributed by atoms with Gasteiger partial charge in [0.05, 0.1) is 0 Å². The van der Waals surface area contributed by atoms with Gasteiger partial charge in [-0.3, -0.25) is 0 Å². The van der Waals surface area contributed by atoms with Crippen molar-refractivity contribution in [2.45, 2.75) is 25.2 Å². The minimum absolute atomic E-state index is 0.210. The van der Waals surface area contributed by atoms with Crippen molar-refractivity contribution >= 4 is 17.4 Å². The lowest BCUT2D eigenvalue weighted by molar-refractivity contribution is 0.627. The molecule has 104 valence electrons. The fourth-order valence-corrected chi connectivity index (χ4v) is 2.23. The highest BCUT2D eigenvalue weighted by Crippen LogP contribution is 2.38. The Labute approximate surface area is 122 Å². The first-order chi connectivity index (χ1) is 9.70. The van der Waals surface area contributed by atoms with E-state index in [-0.39, 0.29) is 5.82 Å². The number of hydrogen-bond acceptors (Lipinski definition) is 3. The van der Waals surface area contributed by atoms with Gasteiger partial charge in [0, 0.05) is 18.5 Å². The summed E-state index contributed by atoms with van der Waals surface area (Å²) in [6, 6.07) is 8.27. The second-order valence-electron chi connectivity index (χ2n) is 5.01. The molecule has 1 aliphatic rings. The number of benzene rings is 1. The van der Waals surface area contributed by atoms with Crippen LogP contribution in [-0.4, -0.2) is 16.5 Å². The summed E-state index contributed by atoms with van der Waals surface area (Å²) in [5.41, 5.74) is 1.08. The van der Waals surface area contributed by atoms with Crippen LogP contribution in [0.1, 0.15) is 30.1 Å². The van der Waals surface area contributed by atoms with Crippen LogP contribution in [0.4, 0.5) is 10.2 Å². The number of aromatic nitrogens is 2. The van der Waals surface area contributed by atoms with E-state index in [1.54, 1.807) is 18.2 Å². The number of halogens is 2. The van der Waals surface area contributed by atoms with E-state index >= 15 is 0 Å². The highest BCUT2D eigenvalue weighted by Gasteiger charge is 2.27. The van der Waals surface area contributed by atoms with Crippen molar-refractivity contribution in [2.24, 2.45) is 0 Å². The third kappa shape index (κ3) is 3.45. The summed E-state index contributed by atoms with van der Waals surface area (Å²) < 4.78 is 12.8. The van der Waals surface area contributed by atoms with Crippen LogP contribution >= 0.6 is 11.6 Å². The molecule has 1 aromatic carbocycles. The summed E-state index contributed by atoms with van der Waals surface area (Å²) in [6.07, 6.45) is 3.10. The average Bonchev–Trinajstić information content (AvgIpc) is 3.25. The van der Waals surface area contributed by atoms with Crippen molar-refractivity contribution in [3.63, 3.8) is 0 Å². The molecule has 2 aromatic rings. The van der Waals surface area contributed by atoms with Gasteiger partial charge < -0.3 is 5.32 Å². The quantitative estimate of drug-likeness (QED) is 0.852. The maximum atomic E-state index is 12.8. The Hall–Kier alpha value is -1.68. The first-order valence-electron chi connectivity index (χ1n) is 6.73. The third-order valence-corrected chi connectivity index (χ3v) is 3.48. The average molecular weight is 292 g/mol. The van der Waals surface area contributed by atoms with E-state index in [1.165, 1.54) is 12.1 Å². The van der Waals surface area contributed by atoms with Crippen LogP contribution in [0.25, 0.3) is 0 Å². The SMILES string of the molecule is Fc1ccc(CCNc2cc(Cl)nc(C3CC3)n2)cc1. The molecular formula is C15H15ClFN3. The van der Waals surface area contributed by atoms with E-state index in [1.807, 2.05) is 0 Å². The van der Waals surface area contributed by atoms with Gasteiger partial charge in [0.15, 0.2) is 0 Å². The van der Waals surface area contributed by atoms with Crippen molar-refractivity contribution in [1.29, 1.82) is 0 Å². The maximum Gasteiger partial charge on any atom is 0.135 e. The first kappa shape index (κ1) is 13.3. The Bertz CT molecular complexity index is 597. The highest BCUT2D eigenvalue weighted by molar-refractivity contribution is 6.29. The van der Waals surface area contributed by atoms with E-state index in [0.29, 0.717) is 11.1 Å². The van der Waals surface area contributed by atoms with Crippen LogP contribution in [-0.2, 0) is 6.42 Å². The fraction of sp³-hybridized carbons (Fsp3) is 0.333.